The molecule has 0 aliphatic carbocycles. The lowest BCUT2D eigenvalue weighted by atomic mass is 10.2. The molecule has 0 amide bonds. The predicted octanol–water partition coefficient (Wildman–Crippen LogP) is 8.36. The Labute approximate surface area is 227 Å². The molecule has 0 fully saturated rings. The van der Waals surface area contributed by atoms with Crippen molar-refractivity contribution in [1.29, 1.82) is 0 Å². The van der Waals surface area contributed by atoms with Gasteiger partial charge in [-0.3, -0.25) is 0 Å². The average Bonchev–Trinajstić information content (AvgIpc) is 2.93. The summed E-state index contributed by atoms with van der Waals surface area (Å²) < 4.78 is 9.84. The van der Waals surface area contributed by atoms with Gasteiger partial charge in [0, 0.05) is 29.4 Å². The van der Waals surface area contributed by atoms with Gasteiger partial charge < -0.3 is 9.47 Å². The average molecular weight is 551 g/mol. The fraction of sp³-hybridized carbons (Fsp3) is 0.0714. The molecule has 8 heteroatoms. The lowest BCUT2D eigenvalue weighted by Crippen LogP contribution is -2.01. The summed E-state index contributed by atoms with van der Waals surface area (Å²) in [4.78, 5) is 30.4. The second-order valence-electron chi connectivity index (χ2n) is 7.30. The monoisotopic (exact) mass is 550 g/mol. The van der Waals surface area contributed by atoms with Crippen LogP contribution in [0.4, 0.5) is 0 Å². The van der Waals surface area contributed by atoms with Gasteiger partial charge in [0.1, 0.15) is 0 Å². The van der Waals surface area contributed by atoms with Crippen molar-refractivity contribution in [2.45, 2.75) is 29.4 Å². The molecule has 0 bridgehead atoms. The molecule has 0 atom stereocenters. The van der Waals surface area contributed by atoms with Crippen LogP contribution in [-0.2, 0) is 9.47 Å². The molecule has 0 saturated carbocycles. The maximum absolute atomic E-state index is 12.2. The highest BCUT2D eigenvalue weighted by atomic mass is 33.1. The van der Waals surface area contributed by atoms with Gasteiger partial charge in [0.25, 0.3) is 0 Å². The quantitative estimate of drug-likeness (QED) is 0.152. The van der Waals surface area contributed by atoms with E-state index in [4.69, 9.17) is 9.47 Å². The van der Waals surface area contributed by atoms with E-state index in [0.29, 0.717) is 11.1 Å². The lowest BCUT2D eigenvalue weighted by Gasteiger charge is -2.13. The molecule has 0 unspecified atom stereocenters. The van der Waals surface area contributed by atoms with E-state index in [2.05, 4.69) is 0 Å². The van der Waals surface area contributed by atoms with Crippen LogP contribution < -0.4 is 0 Å². The largest absolute Gasteiger partial charge is 0.465 e. The van der Waals surface area contributed by atoms with Crippen molar-refractivity contribution in [3.63, 3.8) is 0 Å². The van der Waals surface area contributed by atoms with Crippen LogP contribution in [0.5, 0.6) is 0 Å². The van der Waals surface area contributed by atoms with E-state index in [1.165, 1.54) is 14.2 Å². The van der Waals surface area contributed by atoms with E-state index in [9.17, 15) is 9.59 Å². The van der Waals surface area contributed by atoms with E-state index in [1.807, 2.05) is 84.9 Å². The summed E-state index contributed by atoms with van der Waals surface area (Å²) in [5, 5.41) is 0. The zero-order chi connectivity index (χ0) is 25.3. The Hall–Kier alpha value is -2.78. The van der Waals surface area contributed by atoms with Crippen molar-refractivity contribution < 1.29 is 19.1 Å². The molecule has 0 N–H and O–H groups in total. The van der Waals surface area contributed by atoms with Crippen LogP contribution in [0.15, 0.2) is 126 Å². The molecule has 0 radical (unpaired) electrons. The van der Waals surface area contributed by atoms with Crippen molar-refractivity contribution in [3.05, 3.63) is 108 Å². The number of rotatable bonds is 9. The summed E-state index contributed by atoms with van der Waals surface area (Å²) in [7, 11) is 5.98. The van der Waals surface area contributed by atoms with Crippen molar-refractivity contribution in [1.82, 2.24) is 0 Å². The molecular weight excluding hydrogens is 529 g/mol. The third kappa shape index (κ3) is 6.91. The van der Waals surface area contributed by atoms with E-state index < -0.39 is 0 Å². The first-order valence-electron chi connectivity index (χ1n) is 10.8. The lowest BCUT2D eigenvalue weighted by molar-refractivity contribution is 0.0591. The number of hydrogen-bond donors (Lipinski definition) is 0. The van der Waals surface area contributed by atoms with Crippen molar-refractivity contribution in [2.75, 3.05) is 14.2 Å². The molecule has 4 nitrogen and oxygen atoms in total. The SMILES string of the molecule is COC(=O)c1ccc(SSc2ccc(C(=O)OC)cc2Sc2ccccc2)c(Sc2ccccc2)c1. The molecule has 0 saturated heterocycles. The van der Waals surface area contributed by atoms with Gasteiger partial charge in [-0.1, -0.05) is 81.5 Å². The number of hydrogen-bond acceptors (Lipinski definition) is 8. The first-order chi connectivity index (χ1) is 17.6. The molecule has 0 spiro atoms. The highest BCUT2D eigenvalue weighted by Gasteiger charge is 2.15. The van der Waals surface area contributed by atoms with Crippen molar-refractivity contribution in [2.24, 2.45) is 0 Å². The Morgan fingerprint density at radius 2 is 0.917 bits per heavy atom. The molecule has 0 aromatic heterocycles. The normalized spacial score (nSPS) is 10.6. The minimum absolute atomic E-state index is 0.367. The second kappa shape index (κ2) is 13.0. The van der Waals surface area contributed by atoms with Crippen LogP contribution in [0, 0.1) is 0 Å². The zero-order valence-corrected chi connectivity index (χ0v) is 22.8. The van der Waals surface area contributed by atoms with Crippen LogP contribution in [0.2, 0.25) is 0 Å². The molecule has 0 aliphatic rings. The Kier molecular flexibility index (Phi) is 9.47. The number of benzene rings is 4. The number of esters is 2. The van der Waals surface area contributed by atoms with Crippen molar-refractivity contribution >= 4 is 57.1 Å². The molecule has 36 heavy (non-hydrogen) atoms. The zero-order valence-electron chi connectivity index (χ0n) is 19.5. The van der Waals surface area contributed by atoms with Crippen LogP contribution in [0.25, 0.3) is 0 Å². The minimum Gasteiger partial charge on any atom is -0.465 e. The molecule has 4 aromatic rings. The highest BCUT2D eigenvalue weighted by molar-refractivity contribution is 8.76. The number of carbonyl (C=O) groups excluding carboxylic acids is 2. The van der Waals surface area contributed by atoms with Gasteiger partial charge in [0.05, 0.1) is 25.3 Å². The van der Waals surface area contributed by atoms with Crippen LogP contribution in [-0.4, -0.2) is 26.2 Å². The van der Waals surface area contributed by atoms with Crippen LogP contribution in [0.1, 0.15) is 20.7 Å². The molecule has 0 heterocycles. The van der Waals surface area contributed by atoms with Crippen LogP contribution >= 0.6 is 45.1 Å². The Balaban J connectivity index is 1.63. The van der Waals surface area contributed by atoms with Crippen LogP contribution in [0.3, 0.4) is 0 Å². The Morgan fingerprint density at radius 3 is 1.28 bits per heavy atom. The minimum atomic E-state index is -0.367. The summed E-state index contributed by atoms with van der Waals surface area (Å²) >= 11 is 3.20. The topological polar surface area (TPSA) is 52.6 Å². The van der Waals surface area contributed by atoms with E-state index in [1.54, 1.807) is 57.2 Å². The molecule has 4 rings (SSSR count). The van der Waals surface area contributed by atoms with Gasteiger partial charge >= 0.3 is 11.9 Å². The van der Waals surface area contributed by atoms with E-state index in [0.717, 1.165) is 29.4 Å². The van der Waals surface area contributed by atoms with Crippen molar-refractivity contribution in [3.8, 4) is 0 Å². The fourth-order valence-corrected chi connectivity index (χ4v) is 7.86. The predicted molar refractivity (Wildman–Crippen MR) is 148 cm³/mol. The highest BCUT2D eigenvalue weighted by Crippen LogP contribution is 2.47. The number of carbonyl (C=O) groups is 2. The number of ether oxygens (including phenoxy) is 2. The number of methoxy groups -OCH3 is 2. The summed E-state index contributed by atoms with van der Waals surface area (Å²) in [5.74, 6) is -0.733. The summed E-state index contributed by atoms with van der Waals surface area (Å²) in [6, 6.07) is 31.3. The van der Waals surface area contributed by atoms with E-state index in [-0.39, 0.29) is 11.9 Å². The molecular formula is C28H22O4S4. The van der Waals surface area contributed by atoms with Gasteiger partial charge in [0.15, 0.2) is 0 Å². The summed E-state index contributed by atoms with van der Waals surface area (Å²) in [6.07, 6.45) is 0. The first-order valence-corrected chi connectivity index (χ1v) is 14.6. The maximum atomic E-state index is 12.2. The summed E-state index contributed by atoms with van der Waals surface area (Å²) in [5.41, 5.74) is 1.01. The Morgan fingerprint density at radius 1 is 0.528 bits per heavy atom. The smallest absolute Gasteiger partial charge is 0.337 e. The van der Waals surface area contributed by atoms with Gasteiger partial charge in [-0.25, -0.2) is 9.59 Å². The van der Waals surface area contributed by atoms with Gasteiger partial charge in [0.2, 0.25) is 0 Å². The van der Waals surface area contributed by atoms with Gasteiger partial charge in [-0.15, -0.1) is 0 Å². The Bertz CT molecular complexity index is 1240. The molecule has 0 aliphatic heterocycles. The van der Waals surface area contributed by atoms with Gasteiger partial charge in [-0.05, 0) is 60.7 Å². The first kappa shape index (κ1) is 26.3. The second-order valence-corrected chi connectivity index (χ2v) is 11.7. The molecule has 4 aromatic carbocycles. The van der Waals surface area contributed by atoms with Gasteiger partial charge in [-0.2, -0.15) is 0 Å². The third-order valence-electron chi connectivity index (χ3n) is 4.89. The maximum Gasteiger partial charge on any atom is 0.337 e. The molecule has 182 valence electrons. The van der Waals surface area contributed by atoms with E-state index >= 15 is 0 Å². The standard InChI is InChI=1S/C28H22O4S4/c1-31-27(29)19-13-15-23(25(17-19)33-21-9-5-3-6-10-21)35-36-24-16-14-20(28(30)32-2)18-26(24)34-22-11-7-4-8-12-22/h3-18H,1-2H3. The fourth-order valence-electron chi connectivity index (χ4n) is 3.12. The third-order valence-corrected chi connectivity index (χ3v) is 9.76. The summed E-state index contributed by atoms with van der Waals surface area (Å²) in [6.45, 7) is 0.